The van der Waals surface area contributed by atoms with Crippen molar-refractivity contribution in [3.05, 3.63) is 17.7 Å². The number of phenolic OH excluding ortho intramolecular Hbond substituents is 3. The van der Waals surface area contributed by atoms with Crippen LogP contribution in [0.25, 0.3) is 0 Å². The third-order valence-corrected chi connectivity index (χ3v) is 5.79. The predicted molar refractivity (Wildman–Crippen MR) is 126 cm³/mol. The van der Waals surface area contributed by atoms with Gasteiger partial charge in [-0.25, -0.2) is 4.79 Å². The molecular formula is C26H44O5. The Labute approximate surface area is 188 Å². The van der Waals surface area contributed by atoms with E-state index in [1.54, 1.807) is 0 Å². The molecule has 0 unspecified atom stereocenters. The van der Waals surface area contributed by atoms with Gasteiger partial charge in [0.25, 0.3) is 0 Å². The molecule has 0 atom stereocenters. The van der Waals surface area contributed by atoms with E-state index in [1.807, 2.05) is 0 Å². The van der Waals surface area contributed by atoms with Crippen molar-refractivity contribution in [3.8, 4) is 17.2 Å². The summed E-state index contributed by atoms with van der Waals surface area (Å²) in [6.45, 7) is 2.59. The summed E-state index contributed by atoms with van der Waals surface area (Å²) in [6.07, 6.45) is 22.1. The van der Waals surface area contributed by atoms with Gasteiger partial charge >= 0.3 is 5.97 Å². The average Bonchev–Trinajstić information content (AvgIpc) is 2.76. The van der Waals surface area contributed by atoms with Crippen LogP contribution in [-0.2, 0) is 4.74 Å². The van der Waals surface area contributed by atoms with Crippen LogP contribution < -0.4 is 0 Å². The van der Waals surface area contributed by atoms with Crippen LogP contribution in [0.4, 0.5) is 0 Å². The van der Waals surface area contributed by atoms with Crippen molar-refractivity contribution in [3.63, 3.8) is 0 Å². The smallest absolute Gasteiger partial charge is 0.338 e. The largest absolute Gasteiger partial charge is 0.504 e. The summed E-state index contributed by atoms with van der Waals surface area (Å²) in [5.41, 5.74) is 0.0276. The molecule has 1 aromatic carbocycles. The Morgan fingerprint density at radius 2 is 1.00 bits per heavy atom. The van der Waals surface area contributed by atoms with Gasteiger partial charge in [-0.15, -0.1) is 0 Å². The van der Waals surface area contributed by atoms with Crippen molar-refractivity contribution in [2.75, 3.05) is 6.61 Å². The Hall–Kier alpha value is -1.91. The quantitative estimate of drug-likeness (QED) is 0.118. The molecule has 5 nitrogen and oxygen atoms in total. The van der Waals surface area contributed by atoms with Crippen molar-refractivity contribution < 1.29 is 24.9 Å². The van der Waals surface area contributed by atoms with Crippen LogP contribution in [0.15, 0.2) is 12.1 Å². The van der Waals surface area contributed by atoms with Gasteiger partial charge in [-0.3, -0.25) is 0 Å². The van der Waals surface area contributed by atoms with E-state index in [2.05, 4.69) is 6.92 Å². The number of carbonyl (C=O) groups is 1. The fraction of sp³-hybridized carbons (Fsp3) is 0.731. The minimum absolute atomic E-state index is 0.0276. The van der Waals surface area contributed by atoms with Gasteiger partial charge in [0.2, 0.25) is 0 Å². The molecule has 0 aliphatic carbocycles. The molecule has 5 heteroatoms. The second kappa shape index (κ2) is 17.7. The zero-order valence-electron chi connectivity index (χ0n) is 19.5. The van der Waals surface area contributed by atoms with Crippen LogP contribution in [0.1, 0.15) is 126 Å². The van der Waals surface area contributed by atoms with Crippen molar-refractivity contribution in [1.29, 1.82) is 0 Å². The van der Waals surface area contributed by atoms with Gasteiger partial charge < -0.3 is 20.1 Å². The van der Waals surface area contributed by atoms with E-state index in [1.165, 1.54) is 89.9 Å². The summed E-state index contributed by atoms with van der Waals surface area (Å²) in [6, 6.07) is 2.18. The van der Waals surface area contributed by atoms with Crippen LogP contribution in [0.3, 0.4) is 0 Å². The van der Waals surface area contributed by atoms with Crippen molar-refractivity contribution in [2.24, 2.45) is 0 Å². The van der Waals surface area contributed by atoms with Crippen LogP contribution in [0, 0.1) is 0 Å². The molecule has 0 fully saturated rings. The molecule has 0 amide bonds. The molecule has 0 radical (unpaired) electrons. The molecule has 178 valence electrons. The maximum atomic E-state index is 11.9. The molecule has 0 saturated carbocycles. The molecule has 0 spiro atoms. The van der Waals surface area contributed by atoms with Crippen molar-refractivity contribution >= 4 is 5.97 Å². The van der Waals surface area contributed by atoms with Crippen LogP contribution >= 0.6 is 0 Å². The summed E-state index contributed by atoms with van der Waals surface area (Å²) in [5.74, 6) is -2.32. The van der Waals surface area contributed by atoms with Crippen LogP contribution in [0.5, 0.6) is 17.2 Å². The first-order valence-corrected chi connectivity index (χ1v) is 12.5. The zero-order valence-corrected chi connectivity index (χ0v) is 19.5. The Balaban J connectivity index is 1.86. The third kappa shape index (κ3) is 13.2. The minimum Gasteiger partial charge on any atom is -0.504 e. The number of carbonyl (C=O) groups excluding carboxylic acids is 1. The zero-order chi connectivity index (χ0) is 22.7. The molecule has 1 aromatic rings. The number of aromatic hydroxyl groups is 3. The number of esters is 1. The fourth-order valence-electron chi connectivity index (χ4n) is 3.80. The number of phenols is 3. The number of ether oxygens (including phenoxy) is 1. The van der Waals surface area contributed by atoms with E-state index >= 15 is 0 Å². The Bertz CT molecular complexity index is 576. The highest BCUT2D eigenvalue weighted by Crippen LogP contribution is 2.35. The lowest BCUT2D eigenvalue weighted by atomic mass is 10.0. The highest BCUT2D eigenvalue weighted by Gasteiger charge is 2.14. The molecular weight excluding hydrogens is 392 g/mol. The van der Waals surface area contributed by atoms with Gasteiger partial charge in [0, 0.05) is 0 Å². The minimum atomic E-state index is -0.635. The lowest BCUT2D eigenvalue weighted by Crippen LogP contribution is -2.06. The highest BCUT2D eigenvalue weighted by molar-refractivity contribution is 5.91. The maximum Gasteiger partial charge on any atom is 0.338 e. The average molecular weight is 437 g/mol. The summed E-state index contributed by atoms with van der Waals surface area (Å²) in [7, 11) is 0. The Morgan fingerprint density at radius 3 is 1.39 bits per heavy atom. The highest BCUT2D eigenvalue weighted by atomic mass is 16.5. The van der Waals surface area contributed by atoms with Gasteiger partial charge in [-0.2, -0.15) is 0 Å². The monoisotopic (exact) mass is 436 g/mol. The lowest BCUT2D eigenvalue weighted by Gasteiger charge is -2.07. The van der Waals surface area contributed by atoms with E-state index in [0.717, 1.165) is 31.4 Å². The molecule has 0 heterocycles. The van der Waals surface area contributed by atoms with E-state index in [0.29, 0.717) is 6.61 Å². The standard InChI is InChI=1S/C26H44O5/c1-2-3-4-5-6-7-8-9-10-11-12-13-14-15-16-17-18-19-31-26(30)22-20-23(27)25(29)24(28)21-22/h20-21,27-29H,2-19H2,1H3. The predicted octanol–water partition coefficient (Wildman–Crippen LogP) is 7.61. The summed E-state index contributed by atoms with van der Waals surface area (Å²) < 4.78 is 5.16. The van der Waals surface area contributed by atoms with Gasteiger partial charge in [-0.05, 0) is 18.6 Å². The molecule has 31 heavy (non-hydrogen) atoms. The number of unbranched alkanes of at least 4 members (excludes halogenated alkanes) is 16. The van der Waals surface area contributed by atoms with Gasteiger partial charge in [0.15, 0.2) is 17.2 Å². The van der Waals surface area contributed by atoms with Gasteiger partial charge in [0.1, 0.15) is 0 Å². The summed E-state index contributed by atoms with van der Waals surface area (Å²) in [5, 5.41) is 28.2. The number of benzene rings is 1. The van der Waals surface area contributed by atoms with E-state index in [9.17, 15) is 20.1 Å². The SMILES string of the molecule is CCCCCCCCCCCCCCCCCCCOC(=O)c1cc(O)c(O)c(O)c1. The van der Waals surface area contributed by atoms with Crippen LogP contribution in [0.2, 0.25) is 0 Å². The van der Waals surface area contributed by atoms with E-state index in [-0.39, 0.29) is 5.56 Å². The first kappa shape index (κ1) is 27.1. The third-order valence-electron chi connectivity index (χ3n) is 5.79. The molecule has 1 rings (SSSR count). The van der Waals surface area contributed by atoms with Gasteiger partial charge in [-0.1, -0.05) is 110 Å². The first-order valence-electron chi connectivity index (χ1n) is 12.5. The maximum absolute atomic E-state index is 11.9. The van der Waals surface area contributed by atoms with Crippen LogP contribution in [-0.4, -0.2) is 27.9 Å². The van der Waals surface area contributed by atoms with Gasteiger partial charge in [0.05, 0.1) is 12.2 Å². The number of hydrogen-bond donors (Lipinski definition) is 3. The fourth-order valence-corrected chi connectivity index (χ4v) is 3.80. The summed E-state index contributed by atoms with van der Waals surface area (Å²) in [4.78, 5) is 11.9. The molecule has 0 aromatic heterocycles. The Kier molecular flexibility index (Phi) is 15.5. The van der Waals surface area contributed by atoms with E-state index in [4.69, 9.17) is 4.74 Å². The lowest BCUT2D eigenvalue weighted by molar-refractivity contribution is 0.0496. The molecule has 0 bridgehead atoms. The second-order valence-electron chi connectivity index (χ2n) is 8.66. The van der Waals surface area contributed by atoms with Crippen molar-refractivity contribution in [2.45, 2.75) is 116 Å². The normalized spacial score (nSPS) is 11.0. The second-order valence-corrected chi connectivity index (χ2v) is 8.66. The Morgan fingerprint density at radius 1 is 0.645 bits per heavy atom. The first-order chi connectivity index (χ1) is 15.1. The van der Waals surface area contributed by atoms with E-state index < -0.39 is 23.2 Å². The number of rotatable bonds is 19. The molecule has 0 saturated heterocycles. The topological polar surface area (TPSA) is 87.0 Å². The molecule has 0 aliphatic rings. The number of hydrogen-bond acceptors (Lipinski definition) is 5. The summed E-state index contributed by atoms with van der Waals surface area (Å²) >= 11 is 0. The van der Waals surface area contributed by atoms with Crippen molar-refractivity contribution in [1.82, 2.24) is 0 Å². The molecule has 3 N–H and O–H groups in total. The molecule has 0 aliphatic heterocycles.